The lowest BCUT2D eigenvalue weighted by molar-refractivity contribution is 0.570. The lowest BCUT2D eigenvalue weighted by atomic mass is 10.0. The van der Waals surface area contributed by atoms with Crippen LogP contribution in [-0.2, 0) is 6.54 Å². The first-order valence-electron chi connectivity index (χ1n) is 8.20. The van der Waals surface area contributed by atoms with Crippen LogP contribution < -0.4 is 0 Å². The average molecular weight is 350 g/mol. The number of aryl methyl sites for hydroxylation is 1. The quantitative estimate of drug-likeness (QED) is 0.549. The Bertz CT molecular complexity index is 1120. The van der Waals surface area contributed by atoms with Crippen molar-refractivity contribution in [3.63, 3.8) is 0 Å². The number of halogens is 2. The zero-order valence-corrected chi connectivity index (χ0v) is 14.4. The van der Waals surface area contributed by atoms with E-state index in [1.54, 1.807) is 29.5 Å². The highest BCUT2D eigenvalue weighted by Crippen LogP contribution is 2.28. The van der Waals surface area contributed by atoms with Gasteiger partial charge >= 0.3 is 0 Å². The Hall–Kier alpha value is -3.15. The molecule has 4 nitrogen and oxygen atoms in total. The van der Waals surface area contributed by atoms with Gasteiger partial charge in [-0.2, -0.15) is 5.10 Å². The molecule has 4 aromatic rings. The Balaban J connectivity index is 1.79. The zero-order chi connectivity index (χ0) is 18.3. The van der Waals surface area contributed by atoms with Crippen molar-refractivity contribution in [3.8, 4) is 11.1 Å². The summed E-state index contributed by atoms with van der Waals surface area (Å²) in [5.41, 5.74) is 4.50. The Labute approximate surface area is 149 Å². The third-order valence-corrected chi connectivity index (χ3v) is 4.39. The van der Waals surface area contributed by atoms with Crippen molar-refractivity contribution in [3.05, 3.63) is 77.4 Å². The number of pyridine rings is 2. The molecule has 4 rings (SSSR count). The molecule has 0 radical (unpaired) electrons. The highest BCUT2D eigenvalue weighted by molar-refractivity contribution is 5.80. The molecule has 0 aliphatic rings. The van der Waals surface area contributed by atoms with Crippen LogP contribution in [0.5, 0.6) is 0 Å². The molecule has 0 saturated carbocycles. The highest BCUT2D eigenvalue weighted by atomic mass is 19.1. The van der Waals surface area contributed by atoms with Gasteiger partial charge in [-0.05, 0) is 43.2 Å². The van der Waals surface area contributed by atoms with Crippen molar-refractivity contribution >= 4 is 11.0 Å². The van der Waals surface area contributed by atoms with Gasteiger partial charge in [0.25, 0.3) is 0 Å². The summed E-state index contributed by atoms with van der Waals surface area (Å²) in [6.45, 7) is 3.94. The van der Waals surface area contributed by atoms with E-state index in [-0.39, 0.29) is 5.56 Å². The van der Waals surface area contributed by atoms with Gasteiger partial charge in [0, 0.05) is 35.3 Å². The number of fused-ring (bicyclic) bond motifs is 1. The molecule has 0 spiro atoms. The van der Waals surface area contributed by atoms with Crippen LogP contribution in [0.1, 0.15) is 16.7 Å². The van der Waals surface area contributed by atoms with Crippen molar-refractivity contribution < 1.29 is 8.78 Å². The monoisotopic (exact) mass is 350 g/mol. The molecule has 3 aromatic heterocycles. The Morgan fingerprint density at radius 2 is 1.85 bits per heavy atom. The summed E-state index contributed by atoms with van der Waals surface area (Å²) in [7, 11) is 0. The number of benzene rings is 1. The molecule has 0 unspecified atom stereocenters. The minimum Gasteiger partial charge on any atom is -0.264 e. The summed E-state index contributed by atoms with van der Waals surface area (Å²) < 4.78 is 29.8. The molecule has 26 heavy (non-hydrogen) atoms. The third-order valence-electron chi connectivity index (χ3n) is 4.39. The van der Waals surface area contributed by atoms with Gasteiger partial charge in [0.2, 0.25) is 0 Å². The first kappa shape index (κ1) is 16.3. The summed E-state index contributed by atoms with van der Waals surface area (Å²) in [5, 5.41) is 4.38. The molecule has 130 valence electrons. The van der Waals surface area contributed by atoms with Crippen molar-refractivity contribution in [2.45, 2.75) is 20.4 Å². The van der Waals surface area contributed by atoms with Crippen molar-refractivity contribution in [2.24, 2.45) is 0 Å². The Morgan fingerprint density at radius 3 is 2.65 bits per heavy atom. The molecule has 0 N–H and O–H groups in total. The van der Waals surface area contributed by atoms with Gasteiger partial charge in [-0.1, -0.05) is 6.07 Å². The second-order valence-corrected chi connectivity index (χ2v) is 6.34. The fraction of sp³-hybridized carbons (Fsp3) is 0.150. The Kier molecular flexibility index (Phi) is 3.95. The van der Waals surface area contributed by atoms with Crippen molar-refractivity contribution in [1.82, 2.24) is 19.7 Å². The fourth-order valence-electron chi connectivity index (χ4n) is 2.99. The van der Waals surface area contributed by atoms with Crippen LogP contribution in [0, 0.1) is 25.5 Å². The molecular weight excluding hydrogens is 334 g/mol. The average Bonchev–Trinajstić information content (AvgIpc) is 3.02. The number of hydrogen-bond donors (Lipinski definition) is 0. The van der Waals surface area contributed by atoms with E-state index < -0.39 is 11.6 Å². The molecule has 0 aliphatic carbocycles. The first-order chi connectivity index (χ1) is 12.5. The van der Waals surface area contributed by atoms with Crippen LogP contribution in [0.15, 0.2) is 49.1 Å². The summed E-state index contributed by atoms with van der Waals surface area (Å²) >= 11 is 0. The van der Waals surface area contributed by atoms with E-state index in [1.807, 2.05) is 19.1 Å². The maximum absolute atomic E-state index is 14.5. The Morgan fingerprint density at radius 1 is 1.00 bits per heavy atom. The van der Waals surface area contributed by atoms with E-state index in [4.69, 9.17) is 0 Å². The molecule has 0 fully saturated rings. The zero-order valence-electron chi connectivity index (χ0n) is 14.4. The van der Waals surface area contributed by atoms with Gasteiger partial charge < -0.3 is 0 Å². The largest absolute Gasteiger partial charge is 0.264 e. The third kappa shape index (κ3) is 2.83. The smallest absolute Gasteiger partial charge is 0.136 e. The van der Waals surface area contributed by atoms with E-state index in [9.17, 15) is 8.78 Å². The molecule has 6 heteroatoms. The number of rotatable bonds is 3. The molecule has 3 heterocycles. The molecule has 0 aliphatic heterocycles. The van der Waals surface area contributed by atoms with Crippen LogP contribution in [-0.4, -0.2) is 19.7 Å². The van der Waals surface area contributed by atoms with Gasteiger partial charge in [-0.3, -0.25) is 14.6 Å². The normalized spacial score (nSPS) is 11.2. The van der Waals surface area contributed by atoms with Crippen molar-refractivity contribution in [1.29, 1.82) is 0 Å². The molecule has 0 amide bonds. The van der Waals surface area contributed by atoms with Crippen LogP contribution in [0.3, 0.4) is 0 Å². The van der Waals surface area contributed by atoms with Gasteiger partial charge in [-0.25, -0.2) is 8.78 Å². The number of hydrogen-bond acceptors (Lipinski definition) is 3. The standard InChI is InChI=1S/C20H16F2N4/c1-12-5-14(8-23-7-12)11-26-19-6-15(9-24-18(19)10-25-26)16-3-4-17(21)13(2)20(16)22/h3-10H,11H2,1-2H3. The second kappa shape index (κ2) is 6.29. The lowest BCUT2D eigenvalue weighted by Gasteiger charge is -2.08. The van der Waals surface area contributed by atoms with Crippen LogP contribution in [0.4, 0.5) is 8.78 Å². The predicted octanol–water partition coefficient (Wildman–Crippen LogP) is 4.44. The van der Waals surface area contributed by atoms with E-state index in [0.29, 0.717) is 23.2 Å². The minimum atomic E-state index is -0.569. The minimum absolute atomic E-state index is 0.00180. The van der Waals surface area contributed by atoms with E-state index in [0.717, 1.165) is 16.6 Å². The van der Waals surface area contributed by atoms with Gasteiger partial charge in [0.1, 0.15) is 17.2 Å². The summed E-state index contributed by atoms with van der Waals surface area (Å²) in [6, 6.07) is 6.58. The van der Waals surface area contributed by atoms with E-state index in [1.165, 1.54) is 19.1 Å². The molecule has 0 bridgehead atoms. The lowest BCUT2D eigenvalue weighted by Crippen LogP contribution is -2.02. The summed E-state index contributed by atoms with van der Waals surface area (Å²) in [5.74, 6) is -1.13. The van der Waals surface area contributed by atoms with Gasteiger partial charge in [-0.15, -0.1) is 0 Å². The van der Waals surface area contributed by atoms with Gasteiger partial charge in [0.05, 0.1) is 18.3 Å². The van der Waals surface area contributed by atoms with Crippen LogP contribution in [0.25, 0.3) is 22.2 Å². The SMILES string of the molecule is Cc1cncc(Cn2ncc3ncc(-c4ccc(F)c(C)c4F)cc32)c1. The predicted molar refractivity (Wildman–Crippen MR) is 95.7 cm³/mol. The summed E-state index contributed by atoms with van der Waals surface area (Å²) in [6.07, 6.45) is 6.84. The number of nitrogens with zero attached hydrogens (tertiary/aromatic N) is 4. The van der Waals surface area contributed by atoms with Crippen LogP contribution in [0.2, 0.25) is 0 Å². The van der Waals surface area contributed by atoms with E-state index in [2.05, 4.69) is 15.1 Å². The van der Waals surface area contributed by atoms with Gasteiger partial charge in [0.15, 0.2) is 0 Å². The summed E-state index contributed by atoms with van der Waals surface area (Å²) in [4.78, 5) is 8.57. The first-order valence-corrected chi connectivity index (χ1v) is 8.20. The number of aromatic nitrogens is 4. The molecule has 1 aromatic carbocycles. The molecule has 0 saturated heterocycles. The maximum atomic E-state index is 14.5. The molecule has 0 atom stereocenters. The topological polar surface area (TPSA) is 43.6 Å². The van der Waals surface area contributed by atoms with Crippen LogP contribution >= 0.6 is 0 Å². The second-order valence-electron chi connectivity index (χ2n) is 6.34. The van der Waals surface area contributed by atoms with Crippen molar-refractivity contribution in [2.75, 3.05) is 0 Å². The fourth-order valence-corrected chi connectivity index (χ4v) is 2.99. The molecular formula is C20H16F2N4. The highest BCUT2D eigenvalue weighted by Gasteiger charge is 2.14. The maximum Gasteiger partial charge on any atom is 0.136 e. The van der Waals surface area contributed by atoms with E-state index >= 15 is 0 Å².